The Hall–Kier alpha value is -1.33. The topological polar surface area (TPSA) is 44.0 Å². The highest BCUT2D eigenvalue weighted by atomic mass is 16.3. The van der Waals surface area contributed by atoms with E-state index in [4.69, 9.17) is 10.4 Å². The quantitative estimate of drug-likeness (QED) is 0.868. The summed E-state index contributed by atoms with van der Waals surface area (Å²) in [4.78, 5) is 0. The van der Waals surface area contributed by atoms with Crippen LogP contribution in [0.3, 0.4) is 0 Å². The number of nitriles is 1. The summed E-state index contributed by atoms with van der Waals surface area (Å²) in [5.74, 6) is 0. The van der Waals surface area contributed by atoms with Gasteiger partial charge in [-0.3, -0.25) is 0 Å². The first-order chi connectivity index (χ1) is 8.24. The number of benzene rings is 1. The Kier molecular flexibility index (Phi) is 5.18. The van der Waals surface area contributed by atoms with Crippen LogP contribution in [-0.2, 0) is 11.8 Å². The van der Waals surface area contributed by atoms with E-state index in [-0.39, 0.29) is 6.61 Å². The summed E-state index contributed by atoms with van der Waals surface area (Å²) < 4.78 is 0. The molecule has 2 heteroatoms. The molecule has 0 fully saturated rings. The van der Waals surface area contributed by atoms with Crippen molar-refractivity contribution in [2.75, 3.05) is 6.61 Å². The lowest BCUT2D eigenvalue weighted by Gasteiger charge is -2.36. The average Bonchev–Trinajstić information content (AvgIpc) is 2.34. The number of hydrogen-bond acceptors (Lipinski definition) is 2. The first-order valence-electron chi connectivity index (χ1n) is 6.34. The third kappa shape index (κ3) is 2.87. The van der Waals surface area contributed by atoms with Gasteiger partial charge in [0.25, 0.3) is 0 Å². The highest BCUT2D eigenvalue weighted by Gasteiger charge is 2.42. The Morgan fingerprint density at radius 1 is 1.29 bits per heavy atom. The predicted molar refractivity (Wildman–Crippen MR) is 69.7 cm³/mol. The number of aliphatic hydroxyl groups excluding tert-OH is 1. The van der Waals surface area contributed by atoms with Crippen molar-refractivity contribution in [3.63, 3.8) is 0 Å². The van der Waals surface area contributed by atoms with Crippen molar-refractivity contribution in [3.8, 4) is 6.07 Å². The molecule has 1 aliphatic carbocycles. The fourth-order valence-corrected chi connectivity index (χ4v) is 2.08. The van der Waals surface area contributed by atoms with Crippen LogP contribution in [-0.4, -0.2) is 11.7 Å². The van der Waals surface area contributed by atoms with Gasteiger partial charge in [0.05, 0.1) is 12.7 Å². The number of unbranched alkanes of at least 4 members (excludes halogenated alkanes) is 2. The highest BCUT2D eigenvalue weighted by Crippen LogP contribution is 2.39. The molecular formula is C15H21NO. The molecule has 0 saturated heterocycles. The molecule has 0 aromatic heterocycles. The van der Waals surface area contributed by atoms with Crippen LogP contribution in [0, 0.1) is 11.3 Å². The second-order valence-corrected chi connectivity index (χ2v) is 4.54. The zero-order valence-corrected chi connectivity index (χ0v) is 10.7. The number of aliphatic hydroxyl groups is 1. The maximum Gasteiger partial charge on any atom is 0.109 e. The summed E-state index contributed by atoms with van der Waals surface area (Å²) in [5.41, 5.74) is 1.58. The summed E-state index contributed by atoms with van der Waals surface area (Å²) in [6, 6.07) is 9.94. The van der Waals surface area contributed by atoms with E-state index in [2.05, 4.69) is 19.9 Å². The fourth-order valence-electron chi connectivity index (χ4n) is 2.08. The van der Waals surface area contributed by atoms with Gasteiger partial charge in [-0.05, 0) is 17.5 Å². The van der Waals surface area contributed by atoms with Crippen LogP contribution in [0.15, 0.2) is 24.3 Å². The van der Waals surface area contributed by atoms with E-state index >= 15 is 0 Å². The Balaban J connectivity index is 0.000000249. The second-order valence-electron chi connectivity index (χ2n) is 4.54. The second kappa shape index (κ2) is 6.42. The van der Waals surface area contributed by atoms with Crippen LogP contribution in [0.4, 0.5) is 0 Å². The number of fused-ring (bicyclic) bond motifs is 1. The maximum atomic E-state index is 9.06. The lowest BCUT2D eigenvalue weighted by molar-refractivity contribution is 0.212. The molecule has 0 amide bonds. The number of rotatable bonds is 3. The molecule has 1 N–H and O–H groups in total. The lowest BCUT2D eigenvalue weighted by Crippen LogP contribution is -2.40. The molecule has 0 bridgehead atoms. The van der Waals surface area contributed by atoms with Gasteiger partial charge in [-0.2, -0.15) is 5.26 Å². The number of hydrogen-bond donors (Lipinski definition) is 1. The van der Waals surface area contributed by atoms with E-state index < -0.39 is 5.41 Å². The Labute approximate surface area is 104 Å². The summed E-state index contributed by atoms with van der Waals surface area (Å²) in [6.45, 7) is 4.35. The standard InChI is InChI=1S/C10H9NO.C5H12/c11-6-10(7-12)5-8-3-1-2-4-9(8)10;1-3-5-4-2/h1-4,12H,5,7H2;3-5H2,1-2H3. The Morgan fingerprint density at radius 2 is 1.94 bits per heavy atom. The smallest absolute Gasteiger partial charge is 0.109 e. The van der Waals surface area contributed by atoms with Crippen molar-refractivity contribution in [1.29, 1.82) is 5.26 Å². The lowest BCUT2D eigenvalue weighted by atomic mass is 9.65. The molecule has 2 nitrogen and oxygen atoms in total. The van der Waals surface area contributed by atoms with Crippen LogP contribution in [0.5, 0.6) is 0 Å². The molecule has 0 aliphatic heterocycles. The third-order valence-electron chi connectivity index (χ3n) is 3.22. The molecule has 0 heterocycles. The van der Waals surface area contributed by atoms with Crippen molar-refractivity contribution in [1.82, 2.24) is 0 Å². The van der Waals surface area contributed by atoms with Gasteiger partial charge in [-0.1, -0.05) is 57.4 Å². The monoisotopic (exact) mass is 231 g/mol. The van der Waals surface area contributed by atoms with E-state index in [0.717, 1.165) is 5.56 Å². The first-order valence-corrected chi connectivity index (χ1v) is 6.34. The van der Waals surface area contributed by atoms with E-state index in [9.17, 15) is 0 Å². The zero-order chi connectivity index (χ0) is 12.7. The summed E-state index contributed by atoms with van der Waals surface area (Å²) in [7, 11) is 0. The van der Waals surface area contributed by atoms with Crippen molar-refractivity contribution in [2.45, 2.75) is 44.9 Å². The van der Waals surface area contributed by atoms with E-state index in [1.165, 1.54) is 24.8 Å². The average molecular weight is 231 g/mol. The highest BCUT2D eigenvalue weighted by molar-refractivity contribution is 5.50. The fraction of sp³-hybridized carbons (Fsp3) is 0.533. The van der Waals surface area contributed by atoms with E-state index in [1.54, 1.807) is 0 Å². The molecule has 0 radical (unpaired) electrons. The van der Waals surface area contributed by atoms with Crippen molar-refractivity contribution in [3.05, 3.63) is 35.4 Å². The SMILES string of the molecule is CCCCC.N#CC1(CO)Cc2ccccc21. The number of nitrogens with zero attached hydrogens (tertiary/aromatic N) is 1. The van der Waals surface area contributed by atoms with Gasteiger partial charge in [0.15, 0.2) is 0 Å². The molecule has 1 aromatic carbocycles. The largest absolute Gasteiger partial charge is 0.394 e. The van der Waals surface area contributed by atoms with Gasteiger partial charge in [0, 0.05) is 0 Å². The van der Waals surface area contributed by atoms with Crippen LogP contribution >= 0.6 is 0 Å². The van der Waals surface area contributed by atoms with Crippen LogP contribution in [0.25, 0.3) is 0 Å². The molecule has 92 valence electrons. The minimum atomic E-state index is -0.601. The summed E-state index contributed by atoms with van der Waals surface area (Å²) in [5, 5.41) is 17.9. The Bertz CT molecular complexity index is 392. The molecule has 0 spiro atoms. The molecule has 1 unspecified atom stereocenters. The maximum absolute atomic E-state index is 9.06. The summed E-state index contributed by atoms with van der Waals surface area (Å²) in [6.07, 6.45) is 4.77. The normalized spacial score (nSPS) is 20.4. The molecule has 1 aromatic rings. The van der Waals surface area contributed by atoms with Gasteiger partial charge < -0.3 is 5.11 Å². The Morgan fingerprint density at radius 3 is 2.35 bits per heavy atom. The minimum absolute atomic E-state index is 0.0689. The molecule has 1 atom stereocenters. The predicted octanol–water partition coefficient (Wildman–Crippen LogP) is 3.19. The molecule has 2 rings (SSSR count). The molecule has 17 heavy (non-hydrogen) atoms. The van der Waals surface area contributed by atoms with Crippen LogP contribution in [0.2, 0.25) is 0 Å². The van der Waals surface area contributed by atoms with Crippen molar-refractivity contribution in [2.24, 2.45) is 0 Å². The van der Waals surface area contributed by atoms with Crippen molar-refractivity contribution < 1.29 is 5.11 Å². The third-order valence-corrected chi connectivity index (χ3v) is 3.22. The van der Waals surface area contributed by atoms with Gasteiger partial charge in [0.1, 0.15) is 5.41 Å². The zero-order valence-electron chi connectivity index (χ0n) is 10.7. The summed E-state index contributed by atoms with van der Waals surface area (Å²) >= 11 is 0. The van der Waals surface area contributed by atoms with E-state index in [1.807, 2.05) is 24.3 Å². The van der Waals surface area contributed by atoms with Gasteiger partial charge >= 0.3 is 0 Å². The molecule has 0 saturated carbocycles. The van der Waals surface area contributed by atoms with Gasteiger partial charge in [-0.15, -0.1) is 0 Å². The van der Waals surface area contributed by atoms with Gasteiger partial charge in [0.2, 0.25) is 0 Å². The molecule has 1 aliphatic rings. The first kappa shape index (κ1) is 13.7. The van der Waals surface area contributed by atoms with Crippen LogP contribution in [0.1, 0.15) is 44.2 Å². The van der Waals surface area contributed by atoms with Crippen LogP contribution < -0.4 is 0 Å². The van der Waals surface area contributed by atoms with Crippen molar-refractivity contribution >= 4 is 0 Å². The van der Waals surface area contributed by atoms with E-state index in [0.29, 0.717) is 6.42 Å². The molecular weight excluding hydrogens is 210 g/mol. The van der Waals surface area contributed by atoms with Gasteiger partial charge in [-0.25, -0.2) is 0 Å². The minimum Gasteiger partial charge on any atom is -0.394 e.